The minimum absolute atomic E-state index is 0.0135. The predicted octanol–water partition coefficient (Wildman–Crippen LogP) is 7.91. The van der Waals surface area contributed by atoms with E-state index in [0.717, 1.165) is 34.7 Å². The predicted molar refractivity (Wildman–Crippen MR) is 186 cm³/mol. The van der Waals surface area contributed by atoms with E-state index in [0.29, 0.717) is 45.7 Å². The molecule has 1 atom stereocenters. The first-order chi connectivity index (χ1) is 22.8. The molecule has 0 bridgehead atoms. The highest BCUT2D eigenvalue weighted by atomic mass is 32.1. The zero-order valence-electron chi connectivity index (χ0n) is 27.9. The lowest BCUT2D eigenvalue weighted by Gasteiger charge is -2.26. The van der Waals surface area contributed by atoms with Gasteiger partial charge in [-0.25, -0.2) is 4.79 Å². The van der Waals surface area contributed by atoms with E-state index < -0.39 is 11.8 Å². The number of rotatable bonds is 5. The van der Waals surface area contributed by atoms with Gasteiger partial charge in [0, 0.05) is 23.1 Å². The van der Waals surface area contributed by atoms with Crippen LogP contribution in [-0.4, -0.2) is 32.9 Å². The molecule has 1 N–H and O–H groups in total. The van der Waals surface area contributed by atoms with E-state index in [4.69, 9.17) is 14.2 Å². The van der Waals surface area contributed by atoms with Crippen LogP contribution in [0.3, 0.4) is 0 Å². The van der Waals surface area contributed by atoms with E-state index >= 15 is 0 Å². The molecule has 8 nitrogen and oxygen atoms in total. The van der Waals surface area contributed by atoms with Crippen LogP contribution in [0, 0.1) is 0 Å². The first-order valence-electron chi connectivity index (χ1n) is 15.7. The van der Waals surface area contributed by atoms with Crippen molar-refractivity contribution in [1.82, 2.24) is 8.75 Å². The second kappa shape index (κ2) is 12.6. The summed E-state index contributed by atoms with van der Waals surface area (Å²) in [5.41, 5.74) is 7.56. The molecular weight excluding hydrogens is 625 g/mol. The van der Waals surface area contributed by atoms with Crippen LogP contribution >= 0.6 is 11.7 Å². The molecule has 4 aromatic carbocycles. The van der Waals surface area contributed by atoms with Gasteiger partial charge in [-0.15, -0.1) is 0 Å². The Morgan fingerprint density at radius 2 is 1.42 bits per heavy atom. The second-order valence-corrected chi connectivity index (χ2v) is 14.6. The smallest absolute Gasteiger partial charge is 0.342 e. The molecular formula is C39H38N2O6S. The van der Waals surface area contributed by atoms with Gasteiger partial charge in [0.25, 0.3) is 5.79 Å². The van der Waals surface area contributed by atoms with Gasteiger partial charge >= 0.3 is 5.97 Å². The largest absolute Gasteiger partial charge is 0.454 e. The Morgan fingerprint density at radius 1 is 0.792 bits per heavy atom. The quantitative estimate of drug-likeness (QED) is 0.149. The number of carbonyl (C=O) groups is 2. The molecule has 0 saturated carbocycles. The molecule has 0 amide bonds. The molecule has 2 aliphatic rings. The maximum absolute atomic E-state index is 13.3. The zero-order valence-corrected chi connectivity index (χ0v) is 28.7. The highest BCUT2D eigenvalue weighted by molar-refractivity contribution is 7.00. The zero-order chi connectivity index (χ0) is 34.3. The molecule has 5 aromatic rings. The van der Waals surface area contributed by atoms with E-state index in [-0.39, 0.29) is 17.6 Å². The van der Waals surface area contributed by atoms with E-state index in [2.05, 4.69) is 62.4 Å². The molecule has 7 rings (SSSR count). The fraction of sp³-hybridized carbons (Fsp3) is 0.282. The van der Waals surface area contributed by atoms with E-state index in [9.17, 15) is 14.7 Å². The van der Waals surface area contributed by atoms with Gasteiger partial charge in [0.05, 0.1) is 17.3 Å². The average Bonchev–Trinajstić information content (AvgIpc) is 3.78. The number of hydrogen-bond acceptors (Lipinski definition) is 9. The molecule has 0 spiro atoms. The van der Waals surface area contributed by atoms with Crippen molar-refractivity contribution in [1.29, 1.82) is 0 Å². The Hall–Kier alpha value is -4.86. The summed E-state index contributed by atoms with van der Waals surface area (Å²) in [4.78, 5) is 23.7. The standard InChI is InChI=1S/C28H24N2O5S.C11H14O/c1-27(2,3)18-7-4-16(5-8-18)12-20-25(17-6-10-21-22(13-17)30-36-29-21)26(31)35-28(20,32)19-9-11-23-24(14-19)34-15-33-23;1-11(2,3)10-6-4-9(8-12)5-7-10/h4-11,13-14,32H,12,15H2,1-3H3;4-8H,1-3H3. The van der Waals surface area contributed by atoms with Crippen molar-refractivity contribution in [2.24, 2.45) is 0 Å². The van der Waals surface area contributed by atoms with Crippen LogP contribution in [-0.2, 0) is 32.6 Å². The lowest BCUT2D eigenvalue weighted by Crippen LogP contribution is -2.29. The minimum atomic E-state index is -1.97. The third kappa shape index (κ3) is 6.61. The summed E-state index contributed by atoms with van der Waals surface area (Å²) in [6.07, 6.45) is 1.18. The summed E-state index contributed by atoms with van der Waals surface area (Å²) >= 11 is 1.11. The van der Waals surface area contributed by atoms with Crippen molar-refractivity contribution in [3.8, 4) is 11.5 Å². The summed E-state index contributed by atoms with van der Waals surface area (Å²) in [5, 5.41) is 12.0. The maximum atomic E-state index is 13.3. The van der Waals surface area contributed by atoms with Crippen LogP contribution in [0.15, 0.2) is 90.5 Å². The van der Waals surface area contributed by atoms with Gasteiger partial charge in [0.2, 0.25) is 6.79 Å². The summed E-state index contributed by atoms with van der Waals surface area (Å²) in [5.74, 6) is -1.49. The van der Waals surface area contributed by atoms with Crippen molar-refractivity contribution >= 4 is 40.6 Å². The molecule has 0 aliphatic carbocycles. The summed E-state index contributed by atoms with van der Waals surface area (Å²) in [6, 6.07) is 26.5. The van der Waals surface area contributed by atoms with E-state index in [1.807, 2.05) is 54.6 Å². The van der Waals surface area contributed by atoms with Crippen LogP contribution in [0.1, 0.15) is 79.7 Å². The normalized spacial score (nSPS) is 17.3. The van der Waals surface area contributed by atoms with Crippen LogP contribution in [0.5, 0.6) is 11.5 Å². The number of aromatic nitrogens is 2. The number of fused-ring (bicyclic) bond motifs is 2. The van der Waals surface area contributed by atoms with E-state index in [1.54, 1.807) is 18.2 Å². The molecule has 3 heterocycles. The fourth-order valence-electron chi connectivity index (χ4n) is 5.71. The van der Waals surface area contributed by atoms with Crippen molar-refractivity contribution in [2.45, 2.75) is 64.6 Å². The Labute approximate surface area is 284 Å². The molecule has 0 radical (unpaired) electrons. The topological polar surface area (TPSA) is 108 Å². The molecule has 48 heavy (non-hydrogen) atoms. The van der Waals surface area contributed by atoms with Gasteiger partial charge in [-0.1, -0.05) is 96.1 Å². The Bertz CT molecular complexity index is 2020. The number of esters is 1. The van der Waals surface area contributed by atoms with Crippen molar-refractivity contribution in [3.05, 3.63) is 124 Å². The van der Waals surface area contributed by atoms with Gasteiger partial charge in [0.15, 0.2) is 11.5 Å². The monoisotopic (exact) mass is 662 g/mol. The number of cyclic esters (lactones) is 1. The second-order valence-electron chi connectivity index (χ2n) is 14.0. The van der Waals surface area contributed by atoms with Crippen LogP contribution in [0.2, 0.25) is 0 Å². The first kappa shape index (κ1) is 33.1. The fourth-order valence-corrected chi connectivity index (χ4v) is 6.22. The maximum Gasteiger partial charge on any atom is 0.342 e. The van der Waals surface area contributed by atoms with Crippen molar-refractivity contribution < 1.29 is 28.9 Å². The Balaban J connectivity index is 0.000000284. The SMILES string of the molecule is CC(C)(C)c1ccc(C=O)cc1.CC(C)(C)c1ccc(CC2=C(c3ccc4nsnc4c3)C(=O)OC2(O)c2ccc3c(c2)OCO3)cc1. The van der Waals surface area contributed by atoms with Gasteiger partial charge in [-0.2, -0.15) is 8.75 Å². The third-order valence-corrected chi connectivity index (χ3v) is 9.13. The molecule has 2 aliphatic heterocycles. The molecule has 1 unspecified atom stereocenters. The number of aldehydes is 1. The van der Waals surface area contributed by atoms with E-state index in [1.165, 1.54) is 11.1 Å². The summed E-state index contributed by atoms with van der Waals surface area (Å²) in [6.45, 7) is 13.1. The first-order valence-corrected chi connectivity index (χ1v) is 16.5. The minimum Gasteiger partial charge on any atom is -0.454 e. The summed E-state index contributed by atoms with van der Waals surface area (Å²) < 4.78 is 25.2. The molecule has 246 valence electrons. The molecule has 0 fully saturated rings. The number of nitrogens with zero attached hydrogens (tertiary/aromatic N) is 2. The van der Waals surface area contributed by atoms with Gasteiger partial charge < -0.3 is 19.3 Å². The summed E-state index contributed by atoms with van der Waals surface area (Å²) in [7, 11) is 0. The number of ether oxygens (including phenoxy) is 3. The number of carbonyl (C=O) groups excluding carboxylic acids is 2. The van der Waals surface area contributed by atoms with Gasteiger partial charge in [-0.3, -0.25) is 4.79 Å². The molecule has 9 heteroatoms. The van der Waals surface area contributed by atoms with Crippen LogP contribution in [0.4, 0.5) is 0 Å². The lowest BCUT2D eigenvalue weighted by molar-refractivity contribution is -0.185. The number of aliphatic hydroxyl groups is 1. The lowest BCUT2D eigenvalue weighted by atomic mass is 9.84. The highest BCUT2D eigenvalue weighted by Crippen LogP contribution is 2.47. The third-order valence-electron chi connectivity index (χ3n) is 8.58. The number of benzene rings is 4. The van der Waals surface area contributed by atoms with Crippen molar-refractivity contribution in [2.75, 3.05) is 6.79 Å². The van der Waals surface area contributed by atoms with Crippen molar-refractivity contribution in [3.63, 3.8) is 0 Å². The average molecular weight is 663 g/mol. The molecule has 0 saturated heterocycles. The van der Waals surface area contributed by atoms with Gasteiger partial charge in [0.1, 0.15) is 17.3 Å². The number of hydrogen-bond donors (Lipinski definition) is 1. The van der Waals surface area contributed by atoms with Crippen LogP contribution < -0.4 is 9.47 Å². The Morgan fingerprint density at radius 3 is 2.06 bits per heavy atom. The van der Waals surface area contributed by atoms with Crippen LogP contribution in [0.25, 0.3) is 16.6 Å². The van der Waals surface area contributed by atoms with Gasteiger partial charge in [-0.05, 0) is 63.4 Å². The highest BCUT2D eigenvalue weighted by Gasteiger charge is 2.48. The molecule has 1 aromatic heterocycles. The Kier molecular flexibility index (Phi) is 8.70.